The zero-order chi connectivity index (χ0) is 15.8. The zero-order valence-electron chi connectivity index (χ0n) is 13.7. The molecule has 1 saturated heterocycles. The molecule has 1 aliphatic rings. The van der Waals surface area contributed by atoms with Crippen LogP contribution in [-0.2, 0) is 16.2 Å². The average molecular weight is 305 g/mol. The SMILES string of the molecule is CC[C@H](C)N(Cc1ccncc1)C(=O)CCN1CCCCO1. The number of nitrogens with zero attached hydrogens (tertiary/aromatic N) is 3. The van der Waals surface area contributed by atoms with E-state index in [9.17, 15) is 4.79 Å². The molecule has 0 N–H and O–H groups in total. The van der Waals surface area contributed by atoms with Gasteiger partial charge in [-0.05, 0) is 43.9 Å². The van der Waals surface area contributed by atoms with Gasteiger partial charge in [-0.25, -0.2) is 0 Å². The van der Waals surface area contributed by atoms with Crippen LogP contribution in [0.3, 0.4) is 0 Å². The van der Waals surface area contributed by atoms with E-state index in [1.54, 1.807) is 12.4 Å². The van der Waals surface area contributed by atoms with Crippen LogP contribution in [0.1, 0.15) is 45.1 Å². The standard InChI is InChI=1S/C17H27N3O2/c1-3-15(2)20(14-16-6-9-18-10-7-16)17(21)8-12-19-11-4-5-13-22-19/h6-7,9-10,15H,3-5,8,11-14H2,1-2H3/t15-/m0/s1. The Morgan fingerprint density at radius 3 is 2.82 bits per heavy atom. The molecule has 1 atom stereocenters. The minimum atomic E-state index is 0.195. The Morgan fingerprint density at radius 2 is 2.18 bits per heavy atom. The van der Waals surface area contributed by atoms with E-state index >= 15 is 0 Å². The Morgan fingerprint density at radius 1 is 1.41 bits per heavy atom. The van der Waals surface area contributed by atoms with Gasteiger partial charge in [0.2, 0.25) is 5.91 Å². The number of carbonyl (C=O) groups excluding carboxylic acids is 1. The van der Waals surface area contributed by atoms with Crippen molar-refractivity contribution < 1.29 is 9.63 Å². The molecule has 1 aromatic heterocycles. The van der Waals surface area contributed by atoms with Gasteiger partial charge in [-0.1, -0.05) is 6.92 Å². The number of rotatable bonds is 7. The van der Waals surface area contributed by atoms with Gasteiger partial charge in [0.15, 0.2) is 0 Å². The number of hydrogen-bond acceptors (Lipinski definition) is 4. The monoisotopic (exact) mass is 305 g/mol. The highest BCUT2D eigenvalue weighted by atomic mass is 16.7. The Kier molecular flexibility index (Phi) is 6.80. The molecule has 1 amide bonds. The quantitative estimate of drug-likeness (QED) is 0.777. The van der Waals surface area contributed by atoms with Gasteiger partial charge in [-0.2, -0.15) is 5.06 Å². The molecule has 0 aliphatic carbocycles. The number of hydroxylamine groups is 2. The highest BCUT2D eigenvalue weighted by molar-refractivity contribution is 5.76. The van der Waals surface area contributed by atoms with Gasteiger partial charge >= 0.3 is 0 Å². The molecular formula is C17H27N3O2. The first kappa shape index (κ1) is 16.9. The van der Waals surface area contributed by atoms with Gasteiger partial charge in [0.25, 0.3) is 0 Å². The third-order valence-corrected chi connectivity index (χ3v) is 4.20. The Labute approximate surface area is 133 Å². The second-order valence-electron chi connectivity index (χ2n) is 5.85. The molecular weight excluding hydrogens is 278 g/mol. The van der Waals surface area contributed by atoms with Crippen LogP contribution < -0.4 is 0 Å². The van der Waals surface area contributed by atoms with Gasteiger partial charge in [0, 0.05) is 44.5 Å². The summed E-state index contributed by atoms with van der Waals surface area (Å²) in [5.74, 6) is 0.195. The summed E-state index contributed by atoms with van der Waals surface area (Å²) in [5, 5.41) is 1.93. The van der Waals surface area contributed by atoms with Crippen LogP contribution >= 0.6 is 0 Å². The highest BCUT2D eigenvalue weighted by Crippen LogP contribution is 2.13. The number of hydrogen-bond donors (Lipinski definition) is 0. The first-order valence-electron chi connectivity index (χ1n) is 8.27. The number of carbonyl (C=O) groups is 1. The summed E-state index contributed by atoms with van der Waals surface area (Å²) in [6.45, 7) is 7.27. The molecule has 0 unspecified atom stereocenters. The summed E-state index contributed by atoms with van der Waals surface area (Å²) in [6.07, 6.45) is 7.28. The first-order chi connectivity index (χ1) is 10.7. The Hall–Kier alpha value is -1.46. The topological polar surface area (TPSA) is 45.7 Å². The lowest BCUT2D eigenvalue weighted by Gasteiger charge is -2.31. The van der Waals surface area contributed by atoms with E-state index < -0.39 is 0 Å². The summed E-state index contributed by atoms with van der Waals surface area (Å²) in [6, 6.07) is 4.18. The lowest BCUT2D eigenvalue weighted by atomic mass is 10.1. The molecule has 122 valence electrons. The minimum Gasteiger partial charge on any atom is -0.336 e. The van der Waals surface area contributed by atoms with Crippen LogP contribution in [0.4, 0.5) is 0 Å². The van der Waals surface area contributed by atoms with E-state index in [-0.39, 0.29) is 11.9 Å². The summed E-state index contributed by atoms with van der Waals surface area (Å²) >= 11 is 0. The molecule has 5 nitrogen and oxygen atoms in total. The molecule has 0 spiro atoms. The third kappa shape index (κ3) is 5.07. The van der Waals surface area contributed by atoms with E-state index in [0.29, 0.717) is 19.5 Å². The van der Waals surface area contributed by atoms with Crippen molar-refractivity contribution in [3.05, 3.63) is 30.1 Å². The van der Waals surface area contributed by atoms with Crippen LogP contribution in [0.5, 0.6) is 0 Å². The van der Waals surface area contributed by atoms with Crippen molar-refractivity contribution >= 4 is 5.91 Å². The van der Waals surface area contributed by atoms with E-state index in [0.717, 1.165) is 38.0 Å². The van der Waals surface area contributed by atoms with Crippen molar-refractivity contribution in [1.29, 1.82) is 0 Å². The highest BCUT2D eigenvalue weighted by Gasteiger charge is 2.20. The normalized spacial score (nSPS) is 17.2. The molecule has 1 aliphatic heterocycles. The van der Waals surface area contributed by atoms with Gasteiger partial charge in [0.1, 0.15) is 0 Å². The number of aromatic nitrogens is 1. The average Bonchev–Trinajstić information content (AvgIpc) is 2.58. The predicted molar refractivity (Wildman–Crippen MR) is 85.9 cm³/mol. The molecule has 0 saturated carbocycles. The molecule has 1 aromatic rings. The van der Waals surface area contributed by atoms with Crippen LogP contribution in [0.2, 0.25) is 0 Å². The van der Waals surface area contributed by atoms with Crippen LogP contribution in [0, 0.1) is 0 Å². The molecule has 2 rings (SSSR count). The first-order valence-corrected chi connectivity index (χ1v) is 8.27. The second kappa shape index (κ2) is 8.86. The maximum absolute atomic E-state index is 12.6. The second-order valence-corrected chi connectivity index (χ2v) is 5.85. The van der Waals surface area contributed by atoms with Gasteiger partial charge < -0.3 is 4.90 Å². The molecule has 0 bridgehead atoms. The zero-order valence-corrected chi connectivity index (χ0v) is 13.7. The maximum Gasteiger partial charge on any atom is 0.224 e. The molecule has 5 heteroatoms. The van der Waals surface area contributed by atoms with Crippen LogP contribution in [0.25, 0.3) is 0 Å². The summed E-state index contributed by atoms with van der Waals surface area (Å²) < 4.78 is 0. The fraction of sp³-hybridized carbons (Fsp3) is 0.647. The molecule has 0 aromatic carbocycles. The van der Waals surface area contributed by atoms with E-state index in [1.807, 2.05) is 22.1 Å². The van der Waals surface area contributed by atoms with Crippen molar-refractivity contribution in [2.24, 2.45) is 0 Å². The molecule has 2 heterocycles. The largest absolute Gasteiger partial charge is 0.336 e. The lowest BCUT2D eigenvalue weighted by Crippen LogP contribution is -2.40. The van der Waals surface area contributed by atoms with Crippen LogP contribution in [-0.4, -0.2) is 46.6 Å². The van der Waals surface area contributed by atoms with Crippen molar-refractivity contribution in [2.45, 2.75) is 52.1 Å². The maximum atomic E-state index is 12.6. The van der Waals surface area contributed by atoms with Crippen LogP contribution in [0.15, 0.2) is 24.5 Å². The number of amides is 1. The van der Waals surface area contributed by atoms with Crippen molar-refractivity contribution in [2.75, 3.05) is 19.7 Å². The summed E-state index contributed by atoms with van der Waals surface area (Å²) in [4.78, 5) is 24.2. The van der Waals surface area contributed by atoms with Crippen molar-refractivity contribution in [1.82, 2.24) is 14.9 Å². The molecule has 0 radical (unpaired) electrons. The molecule has 1 fully saturated rings. The predicted octanol–water partition coefficient (Wildman–Crippen LogP) is 2.63. The number of pyridine rings is 1. The molecule has 22 heavy (non-hydrogen) atoms. The van der Waals surface area contributed by atoms with Gasteiger partial charge in [0.05, 0.1) is 6.61 Å². The summed E-state index contributed by atoms with van der Waals surface area (Å²) in [5.41, 5.74) is 1.12. The minimum absolute atomic E-state index is 0.195. The fourth-order valence-electron chi connectivity index (χ4n) is 2.58. The van der Waals surface area contributed by atoms with Crippen molar-refractivity contribution in [3.8, 4) is 0 Å². The Bertz CT molecular complexity index is 446. The summed E-state index contributed by atoms with van der Waals surface area (Å²) in [7, 11) is 0. The van der Waals surface area contributed by atoms with Gasteiger partial charge in [-0.3, -0.25) is 14.6 Å². The van der Waals surface area contributed by atoms with Gasteiger partial charge in [-0.15, -0.1) is 0 Å². The van der Waals surface area contributed by atoms with E-state index in [1.165, 1.54) is 0 Å². The lowest BCUT2D eigenvalue weighted by molar-refractivity contribution is -0.183. The van der Waals surface area contributed by atoms with E-state index in [4.69, 9.17) is 4.84 Å². The smallest absolute Gasteiger partial charge is 0.224 e. The fourth-order valence-corrected chi connectivity index (χ4v) is 2.58. The van der Waals surface area contributed by atoms with Crippen molar-refractivity contribution in [3.63, 3.8) is 0 Å². The van der Waals surface area contributed by atoms with E-state index in [2.05, 4.69) is 18.8 Å². The third-order valence-electron chi connectivity index (χ3n) is 4.20. The Balaban J connectivity index is 1.90.